The molecule has 0 aliphatic carbocycles. The molecule has 6 heteroatoms. The van der Waals surface area contributed by atoms with E-state index in [9.17, 15) is 4.79 Å². The van der Waals surface area contributed by atoms with Crippen LogP contribution in [0.3, 0.4) is 0 Å². The molecule has 0 saturated carbocycles. The largest absolute Gasteiger partial charge is 0.382 e. The lowest BCUT2D eigenvalue weighted by Gasteiger charge is -2.36. The van der Waals surface area contributed by atoms with E-state index < -0.39 is 0 Å². The summed E-state index contributed by atoms with van der Waals surface area (Å²) in [5, 5.41) is 4.40. The number of aromatic nitrogens is 2. The maximum atomic E-state index is 12.9. The molecule has 0 radical (unpaired) electrons. The Morgan fingerprint density at radius 1 is 1.04 bits per heavy atom. The number of carbonyl (C=O) groups excluding carboxylic acids is 1. The second-order valence-electron chi connectivity index (χ2n) is 6.57. The molecule has 1 fully saturated rings. The molecule has 138 valence electrons. The van der Waals surface area contributed by atoms with Gasteiger partial charge in [0.2, 0.25) is 0 Å². The van der Waals surface area contributed by atoms with Gasteiger partial charge in [0, 0.05) is 44.3 Å². The first-order valence-corrected chi connectivity index (χ1v) is 9.35. The van der Waals surface area contributed by atoms with E-state index in [4.69, 9.17) is 0 Å². The van der Waals surface area contributed by atoms with Crippen molar-refractivity contribution in [3.8, 4) is 0 Å². The monoisotopic (exact) mass is 361 g/mol. The molecule has 4 rings (SSSR count). The number of hydrogen-bond acceptors (Lipinski definition) is 5. The molecule has 0 spiro atoms. The van der Waals surface area contributed by atoms with Gasteiger partial charge in [0.05, 0.1) is 11.2 Å². The van der Waals surface area contributed by atoms with Gasteiger partial charge in [-0.05, 0) is 31.2 Å². The van der Waals surface area contributed by atoms with E-state index in [0.717, 1.165) is 42.0 Å². The van der Waals surface area contributed by atoms with E-state index >= 15 is 0 Å². The smallest absolute Gasteiger partial charge is 0.272 e. The molecule has 3 heterocycles. The molecule has 27 heavy (non-hydrogen) atoms. The zero-order valence-electron chi connectivity index (χ0n) is 15.4. The first kappa shape index (κ1) is 17.3. The van der Waals surface area contributed by atoms with Crippen LogP contribution in [0.15, 0.2) is 54.7 Å². The standard InChI is InChI=1S/C21H23N5O/c1-2-22-18-8-5-11-23-20(18)25-12-14-26(15-13-25)21(27)19-10-9-16-6-3-4-7-17(16)24-19/h3-11,22H,2,12-15H2,1H3. The molecule has 1 N–H and O–H groups in total. The van der Waals surface area contributed by atoms with Crippen molar-refractivity contribution in [1.82, 2.24) is 14.9 Å². The highest BCUT2D eigenvalue weighted by molar-refractivity contribution is 5.95. The number of anilines is 2. The Labute approximate surface area is 158 Å². The van der Waals surface area contributed by atoms with Crippen molar-refractivity contribution < 1.29 is 4.79 Å². The number of nitrogens with zero attached hydrogens (tertiary/aromatic N) is 4. The summed E-state index contributed by atoms with van der Waals surface area (Å²) in [5.74, 6) is 0.948. The van der Waals surface area contributed by atoms with Crippen LogP contribution in [0.1, 0.15) is 17.4 Å². The minimum absolute atomic E-state index is 0.00618. The highest BCUT2D eigenvalue weighted by Crippen LogP contribution is 2.24. The van der Waals surface area contributed by atoms with E-state index in [2.05, 4.69) is 27.1 Å². The minimum Gasteiger partial charge on any atom is -0.382 e. The normalized spacial score (nSPS) is 14.4. The SMILES string of the molecule is CCNc1cccnc1N1CCN(C(=O)c2ccc3ccccc3n2)CC1. The summed E-state index contributed by atoms with van der Waals surface area (Å²) in [6, 6.07) is 15.6. The Morgan fingerprint density at radius 2 is 1.85 bits per heavy atom. The lowest BCUT2D eigenvalue weighted by Crippen LogP contribution is -2.49. The van der Waals surface area contributed by atoms with Gasteiger partial charge in [0.25, 0.3) is 5.91 Å². The van der Waals surface area contributed by atoms with E-state index in [-0.39, 0.29) is 5.91 Å². The van der Waals surface area contributed by atoms with Crippen LogP contribution in [0.2, 0.25) is 0 Å². The highest BCUT2D eigenvalue weighted by Gasteiger charge is 2.24. The molecule has 6 nitrogen and oxygen atoms in total. The Balaban J connectivity index is 1.46. The van der Waals surface area contributed by atoms with Crippen LogP contribution in [0.4, 0.5) is 11.5 Å². The van der Waals surface area contributed by atoms with Gasteiger partial charge >= 0.3 is 0 Å². The van der Waals surface area contributed by atoms with Crippen LogP contribution in [-0.2, 0) is 0 Å². The number of benzene rings is 1. The number of fused-ring (bicyclic) bond motifs is 1. The quantitative estimate of drug-likeness (QED) is 0.774. The van der Waals surface area contributed by atoms with Crippen molar-refractivity contribution in [2.45, 2.75) is 6.92 Å². The van der Waals surface area contributed by atoms with Crippen molar-refractivity contribution in [2.24, 2.45) is 0 Å². The Morgan fingerprint density at radius 3 is 2.67 bits per heavy atom. The predicted molar refractivity (Wildman–Crippen MR) is 108 cm³/mol. The van der Waals surface area contributed by atoms with Crippen molar-refractivity contribution in [2.75, 3.05) is 42.9 Å². The van der Waals surface area contributed by atoms with Crippen LogP contribution in [-0.4, -0.2) is 53.5 Å². The zero-order valence-corrected chi connectivity index (χ0v) is 15.4. The first-order chi connectivity index (χ1) is 13.3. The summed E-state index contributed by atoms with van der Waals surface area (Å²) in [5.41, 5.74) is 2.40. The molecule has 1 aromatic carbocycles. The van der Waals surface area contributed by atoms with Crippen LogP contribution < -0.4 is 10.2 Å². The van der Waals surface area contributed by atoms with Gasteiger partial charge in [-0.15, -0.1) is 0 Å². The lowest BCUT2D eigenvalue weighted by molar-refractivity contribution is 0.0741. The Hall–Kier alpha value is -3.15. The number of rotatable bonds is 4. The molecule has 3 aromatic rings. The molecule has 1 saturated heterocycles. The lowest BCUT2D eigenvalue weighted by atomic mass is 10.2. The first-order valence-electron chi connectivity index (χ1n) is 9.35. The maximum absolute atomic E-state index is 12.9. The Kier molecular flexibility index (Phi) is 4.87. The molecular formula is C21H23N5O. The van der Waals surface area contributed by atoms with Crippen LogP contribution in [0, 0.1) is 0 Å². The van der Waals surface area contributed by atoms with Gasteiger partial charge in [-0.2, -0.15) is 0 Å². The zero-order chi connectivity index (χ0) is 18.6. The van der Waals surface area contributed by atoms with Gasteiger partial charge in [-0.3, -0.25) is 4.79 Å². The summed E-state index contributed by atoms with van der Waals surface area (Å²) in [7, 11) is 0. The topological polar surface area (TPSA) is 61.4 Å². The fourth-order valence-electron chi connectivity index (χ4n) is 3.45. The van der Waals surface area contributed by atoms with Gasteiger partial charge < -0.3 is 15.1 Å². The van der Waals surface area contributed by atoms with E-state index in [1.165, 1.54) is 0 Å². The average molecular weight is 361 g/mol. The predicted octanol–water partition coefficient (Wildman–Crippen LogP) is 3.02. The van der Waals surface area contributed by atoms with Crippen LogP contribution in [0.25, 0.3) is 10.9 Å². The van der Waals surface area contributed by atoms with Crippen molar-refractivity contribution in [3.05, 3.63) is 60.4 Å². The summed E-state index contributed by atoms with van der Waals surface area (Å²) in [6.07, 6.45) is 1.81. The number of carbonyl (C=O) groups is 1. The molecule has 2 aromatic heterocycles. The third-order valence-electron chi connectivity index (χ3n) is 4.84. The number of amides is 1. The highest BCUT2D eigenvalue weighted by atomic mass is 16.2. The minimum atomic E-state index is -0.00618. The Bertz CT molecular complexity index is 950. The fraction of sp³-hybridized carbons (Fsp3) is 0.286. The number of piperazine rings is 1. The van der Waals surface area contributed by atoms with Gasteiger partial charge in [0.1, 0.15) is 5.69 Å². The van der Waals surface area contributed by atoms with Gasteiger partial charge in [0.15, 0.2) is 5.82 Å². The maximum Gasteiger partial charge on any atom is 0.272 e. The number of nitrogens with one attached hydrogen (secondary N) is 1. The third kappa shape index (κ3) is 3.56. The number of pyridine rings is 2. The van der Waals surface area contributed by atoms with Crippen LogP contribution in [0.5, 0.6) is 0 Å². The van der Waals surface area contributed by atoms with Crippen molar-refractivity contribution in [1.29, 1.82) is 0 Å². The summed E-state index contributed by atoms with van der Waals surface area (Å²) < 4.78 is 0. The summed E-state index contributed by atoms with van der Waals surface area (Å²) >= 11 is 0. The average Bonchev–Trinajstić information content (AvgIpc) is 2.74. The van der Waals surface area contributed by atoms with Crippen LogP contribution >= 0.6 is 0 Å². The summed E-state index contributed by atoms with van der Waals surface area (Å²) in [4.78, 5) is 26.1. The molecular weight excluding hydrogens is 338 g/mol. The molecule has 0 bridgehead atoms. The van der Waals surface area contributed by atoms with Gasteiger partial charge in [-0.25, -0.2) is 9.97 Å². The van der Waals surface area contributed by atoms with E-state index in [1.54, 1.807) is 0 Å². The molecule has 0 atom stereocenters. The molecule has 1 aliphatic rings. The molecule has 1 aliphatic heterocycles. The number of hydrogen-bond donors (Lipinski definition) is 1. The third-order valence-corrected chi connectivity index (χ3v) is 4.84. The van der Waals surface area contributed by atoms with Gasteiger partial charge in [-0.1, -0.05) is 24.3 Å². The van der Waals surface area contributed by atoms with Crippen molar-refractivity contribution in [3.63, 3.8) is 0 Å². The second-order valence-corrected chi connectivity index (χ2v) is 6.57. The second kappa shape index (κ2) is 7.61. The summed E-state index contributed by atoms with van der Waals surface area (Å²) in [6.45, 7) is 5.77. The fourth-order valence-corrected chi connectivity index (χ4v) is 3.45. The van der Waals surface area contributed by atoms with E-state index in [0.29, 0.717) is 18.8 Å². The van der Waals surface area contributed by atoms with Crippen molar-refractivity contribution >= 4 is 28.3 Å². The molecule has 0 unspecified atom stereocenters. The number of para-hydroxylation sites is 1. The van der Waals surface area contributed by atoms with E-state index in [1.807, 2.05) is 59.6 Å². The molecule has 1 amide bonds.